The van der Waals surface area contributed by atoms with Crippen molar-refractivity contribution in [2.45, 2.75) is 32.4 Å². The molecule has 1 fully saturated rings. The summed E-state index contributed by atoms with van der Waals surface area (Å²) in [7, 11) is 0. The van der Waals surface area contributed by atoms with Crippen LogP contribution in [0.4, 0.5) is 0 Å². The van der Waals surface area contributed by atoms with E-state index in [1.165, 1.54) is 18.4 Å². The number of aryl methyl sites for hydroxylation is 1. The van der Waals surface area contributed by atoms with Gasteiger partial charge in [-0.1, -0.05) is 29.8 Å². The van der Waals surface area contributed by atoms with Crippen molar-refractivity contribution in [3.63, 3.8) is 0 Å². The van der Waals surface area contributed by atoms with E-state index in [1.54, 1.807) is 6.20 Å². The molecule has 3 rings (SSSR count). The molecule has 0 saturated heterocycles. The largest absolute Gasteiger partial charge is 0.439 e. The molecule has 0 atom stereocenters. The maximum absolute atomic E-state index is 5.71. The predicted molar refractivity (Wildman–Crippen MR) is 66.5 cm³/mol. The smallest absolute Gasteiger partial charge is 0.208 e. The Hall–Kier alpha value is -1.61. The summed E-state index contributed by atoms with van der Waals surface area (Å²) in [6.07, 6.45) is 4.37. The minimum Gasteiger partial charge on any atom is -0.439 e. The maximum Gasteiger partial charge on any atom is 0.208 e. The summed E-state index contributed by atoms with van der Waals surface area (Å²) in [5.41, 5.74) is 2.34. The van der Waals surface area contributed by atoms with Gasteiger partial charge in [-0.3, -0.25) is 0 Å². The van der Waals surface area contributed by atoms with E-state index >= 15 is 0 Å². The maximum atomic E-state index is 5.71. The molecule has 0 unspecified atom stereocenters. The Morgan fingerprint density at radius 3 is 2.76 bits per heavy atom. The highest BCUT2D eigenvalue weighted by Gasteiger charge is 2.20. The fourth-order valence-corrected chi connectivity index (χ4v) is 1.76. The normalized spacial score (nSPS) is 15.1. The van der Waals surface area contributed by atoms with E-state index in [4.69, 9.17) is 4.42 Å². The number of oxazole rings is 1. The number of nitrogens with zero attached hydrogens (tertiary/aromatic N) is 1. The zero-order valence-corrected chi connectivity index (χ0v) is 9.94. The van der Waals surface area contributed by atoms with E-state index in [0.29, 0.717) is 6.04 Å². The van der Waals surface area contributed by atoms with E-state index in [1.807, 2.05) is 0 Å². The molecule has 0 radical (unpaired) electrons. The number of aromatic nitrogens is 1. The lowest BCUT2D eigenvalue weighted by molar-refractivity contribution is 0.476. The molecule has 0 aliphatic heterocycles. The highest BCUT2D eigenvalue weighted by Crippen LogP contribution is 2.22. The summed E-state index contributed by atoms with van der Waals surface area (Å²) in [5, 5.41) is 3.39. The molecule has 1 heterocycles. The van der Waals surface area contributed by atoms with Gasteiger partial charge in [0.05, 0.1) is 12.7 Å². The van der Waals surface area contributed by atoms with Crippen LogP contribution in [0.3, 0.4) is 0 Å². The van der Waals surface area contributed by atoms with E-state index in [-0.39, 0.29) is 0 Å². The molecule has 1 aromatic carbocycles. The van der Waals surface area contributed by atoms with Crippen molar-refractivity contribution in [1.29, 1.82) is 0 Å². The molecule has 3 nitrogen and oxygen atoms in total. The first-order chi connectivity index (χ1) is 8.31. The van der Waals surface area contributed by atoms with Crippen molar-refractivity contribution in [2.24, 2.45) is 0 Å². The fraction of sp³-hybridized carbons (Fsp3) is 0.357. The van der Waals surface area contributed by atoms with Gasteiger partial charge in [0.15, 0.2) is 5.76 Å². The van der Waals surface area contributed by atoms with Gasteiger partial charge in [-0.15, -0.1) is 0 Å². The molecule has 1 aliphatic rings. The first-order valence-corrected chi connectivity index (χ1v) is 6.06. The van der Waals surface area contributed by atoms with Gasteiger partial charge in [0, 0.05) is 11.6 Å². The Kier molecular flexibility index (Phi) is 2.69. The molecule has 1 saturated carbocycles. The van der Waals surface area contributed by atoms with Crippen LogP contribution in [0, 0.1) is 6.92 Å². The van der Waals surface area contributed by atoms with Crippen molar-refractivity contribution in [3.05, 3.63) is 41.9 Å². The molecule has 17 heavy (non-hydrogen) atoms. The lowest BCUT2D eigenvalue weighted by Crippen LogP contribution is -2.15. The average molecular weight is 228 g/mol. The Balaban J connectivity index is 1.72. The minimum atomic E-state index is 0.685. The Bertz CT molecular complexity index is 497. The molecule has 1 aromatic heterocycles. The van der Waals surface area contributed by atoms with Gasteiger partial charge in [0.1, 0.15) is 0 Å². The highest BCUT2D eigenvalue weighted by atomic mass is 16.4. The van der Waals surface area contributed by atoms with E-state index in [9.17, 15) is 0 Å². The Labute approximate surface area is 101 Å². The van der Waals surface area contributed by atoms with Crippen LogP contribution in [-0.2, 0) is 6.54 Å². The van der Waals surface area contributed by atoms with Gasteiger partial charge >= 0.3 is 0 Å². The highest BCUT2D eigenvalue weighted by molar-refractivity contribution is 5.56. The van der Waals surface area contributed by atoms with E-state index in [2.05, 4.69) is 41.5 Å². The number of benzene rings is 1. The molecule has 3 heteroatoms. The minimum absolute atomic E-state index is 0.685. The fourth-order valence-electron chi connectivity index (χ4n) is 1.76. The summed E-state index contributed by atoms with van der Waals surface area (Å²) < 4.78 is 5.71. The lowest BCUT2D eigenvalue weighted by Gasteiger charge is -1.98. The molecule has 0 bridgehead atoms. The van der Waals surface area contributed by atoms with Crippen LogP contribution in [0.5, 0.6) is 0 Å². The summed E-state index contributed by atoms with van der Waals surface area (Å²) in [6, 6.07) is 8.98. The van der Waals surface area contributed by atoms with Gasteiger partial charge < -0.3 is 9.73 Å². The second kappa shape index (κ2) is 4.34. The molecular weight excluding hydrogens is 212 g/mol. The average Bonchev–Trinajstić information content (AvgIpc) is 3.06. The van der Waals surface area contributed by atoms with Crippen LogP contribution in [0.1, 0.15) is 24.3 Å². The second-order valence-electron chi connectivity index (χ2n) is 4.64. The topological polar surface area (TPSA) is 38.1 Å². The van der Waals surface area contributed by atoms with E-state index < -0.39 is 0 Å². The molecule has 0 amide bonds. The van der Waals surface area contributed by atoms with Gasteiger partial charge in [-0.2, -0.15) is 0 Å². The predicted octanol–water partition coefficient (Wildman–Crippen LogP) is 2.90. The molecule has 88 valence electrons. The quantitative estimate of drug-likeness (QED) is 0.874. The summed E-state index contributed by atoms with van der Waals surface area (Å²) in [5.74, 6) is 1.62. The van der Waals surface area contributed by atoms with Crippen LogP contribution in [0.2, 0.25) is 0 Å². The summed E-state index contributed by atoms with van der Waals surface area (Å²) in [6.45, 7) is 2.81. The molecule has 0 spiro atoms. The SMILES string of the molecule is Cc1ccc(-c2cnc(CNC3CC3)o2)cc1. The number of hydrogen-bond acceptors (Lipinski definition) is 3. The molecular formula is C14H16N2O. The standard InChI is InChI=1S/C14H16N2O/c1-10-2-4-11(5-3-10)13-8-16-14(17-13)9-15-12-6-7-12/h2-5,8,12,15H,6-7,9H2,1H3. The van der Waals surface area contributed by atoms with Crippen LogP contribution in [0.25, 0.3) is 11.3 Å². The van der Waals surface area contributed by atoms with Crippen LogP contribution >= 0.6 is 0 Å². The van der Waals surface area contributed by atoms with Crippen molar-refractivity contribution < 1.29 is 4.42 Å². The van der Waals surface area contributed by atoms with E-state index in [0.717, 1.165) is 23.8 Å². The number of hydrogen-bond donors (Lipinski definition) is 1. The molecule has 1 aliphatic carbocycles. The van der Waals surface area contributed by atoms with Crippen LogP contribution in [0.15, 0.2) is 34.9 Å². The van der Waals surface area contributed by atoms with Crippen molar-refractivity contribution in [2.75, 3.05) is 0 Å². The van der Waals surface area contributed by atoms with Crippen LogP contribution < -0.4 is 5.32 Å². The van der Waals surface area contributed by atoms with Crippen molar-refractivity contribution >= 4 is 0 Å². The van der Waals surface area contributed by atoms with Gasteiger partial charge in [0.2, 0.25) is 5.89 Å². The monoisotopic (exact) mass is 228 g/mol. The third-order valence-corrected chi connectivity index (χ3v) is 3.01. The van der Waals surface area contributed by atoms with Crippen molar-refractivity contribution in [3.8, 4) is 11.3 Å². The lowest BCUT2D eigenvalue weighted by atomic mass is 10.1. The van der Waals surface area contributed by atoms with Crippen LogP contribution in [-0.4, -0.2) is 11.0 Å². The third-order valence-electron chi connectivity index (χ3n) is 3.01. The zero-order valence-electron chi connectivity index (χ0n) is 9.94. The first-order valence-electron chi connectivity index (χ1n) is 6.06. The summed E-state index contributed by atoms with van der Waals surface area (Å²) in [4.78, 5) is 4.29. The number of nitrogens with one attached hydrogen (secondary N) is 1. The number of rotatable bonds is 4. The second-order valence-corrected chi connectivity index (χ2v) is 4.64. The summed E-state index contributed by atoms with van der Waals surface area (Å²) >= 11 is 0. The Morgan fingerprint density at radius 1 is 1.29 bits per heavy atom. The van der Waals surface area contributed by atoms with Gasteiger partial charge in [0.25, 0.3) is 0 Å². The first kappa shape index (κ1) is 10.5. The van der Waals surface area contributed by atoms with Gasteiger partial charge in [-0.25, -0.2) is 4.98 Å². The molecule has 1 N–H and O–H groups in total. The Morgan fingerprint density at radius 2 is 2.06 bits per heavy atom. The zero-order chi connectivity index (χ0) is 11.7. The molecule has 2 aromatic rings. The third kappa shape index (κ3) is 2.56. The van der Waals surface area contributed by atoms with Crippen molar-refractivity contribution in [1.82, 2.24) is 10.3 Å². The van der Waals surface area contributed by atoms with Gasteiger partial charge in [-0.05, 0) is 19.8 Å².